The van der Waals surface area contributed by atoms with Gasteiger partial charge in [-0.15, -0.1) is 11.8 Å². The molecule has 5 heteroatoms. The van der Waals surface area contributed by atoms with Gasteiger partial charge in [-0.05, 0) is 24.5 Å². The Balaban J connectivity index is 1.86. The van der Waals surface area contributed by atoms with Crippen LogP contribution < -0.4 is 5.32 Å². The Morgan fingerprint density at radius 1 is 1.45 bits per heavy atom. The number of carboxylic acids is 1. The first-order chi connectivity index (χ1) is 9.61. The normalized spacial score (nSPS) is 18.4. The molecule has 108 valence electrons. The third kappa shape index (κ3) is 3.54. The number of rotatable bonds is 6. The van der Waals surface area contributed by atoms with Crippen LogP contribution in [-0.2, 0) is 16.0 Å². The van der Waals surface area contributed by atoms with Gasteiger partial charge in [-0.2, -0.15) is 0 Å². The van der Waals surface area contributed by atoms with Crippen molar-refractivity contribution in [2.75, 3.05) is 6.54 Å². The Kier molecular flexibility index (Phi) is 5.06. The van der Waals surface area contributed by atoms with Gasteiger partial charge in [0.25, 0.3) is 0 Å². The first-order valence-corrected chi connectivity index (χ1v) is 7.74. The summed E-state index contributed by atoms with van der Waals surface area (Å²) in [5, 5.41) is 11.7. The van der Waals surface area contributed by atoms with Crippen LogP contribution in [0.2, 0.25) is 0 Å². The topological polar surface area (TPSA) is 66.4 Å². The zero-order valence-electron chi connectivity index (χ0n) is 11.5. The Morgan fingerprint density at radius 3 is 2.85 bits per heavy atom. The Morgan fingerprint density at radius 2 is 2.20 bits per heavy atom. The second kappa shape index (κ2) is 6.79. The van der Waals surface area contributed by atoms with Crippen LogP contribution in [0.4, 0.5) is 0 Å². The van der Waals surface area contributed by atoms with Crippen molar-refractivity contribution < 1.29 is 14.7 Å². The third-order valence-electron chi connectivity index (χ3n) is 3.45. The number of carbonyl (C=O) groups is 2. The quantitative estimate of drug-likeness (QED) is 0.844. The molecule has 0 radical (unpaired) electrons. The van der Waals surface area contributed by atoms with Gasteiger partial charge in [-0.1, -0.05) is 31.5 Å². The lowest BCUT2D eigenvalue weighted by molar-refractivity contribution is -0.141. The average molecular weight is 293 g/mol. The molecular formula is C15H19NO3S. The van der Waals surface area contributed by atoms with Crippen molar-refractivity contribution in [1.29, 1.82) is 0 Å². The largest absolute Gasteiger partial charge is 0.481 e. The third-order valence-corrected chi connectivity index (χ3v) is 4.77. The second-order valence-corrected chi connectivity index (χ2v) is 6.23. The van der Waals surface area contributed by atoms with E-state index in [4.69, 9.17) is 5.11 Å². The summed E-state index contributed by atoms with van der Waals surface area (Å²) in [5.41, 5.74) is 1.20. The molecule has 2 rings (SSSR count). The zero-order chi connectivity index (χ0) is 14.5. The van der Waals surface area contributed by atoms with Crippen molar-refractivity contribution >= 4 is 23.6 Å². The Labute approximate surface area is 123 Å². The van der Waals surface area contributed by atoms with E-state index in [0.717, 1.165) is 17.7 Å². The number of nitrogens with one attached hydrogen (secondary N) is 1. The minimum absolute atomic E-state index is 0.0615. The monoisotopic (exact) mass is 293 g/mol. The van der Waals surface area contributed by atoms with E-state index >= 15 is 0 Å². The van der Waals surface area contributed by atoms with Crippen LogP contribution in [0.25, 0.3) is 0 Å². The first-order valence-electron chi connectivity index (χ1n) is 6.87. The van der Waals surface area contributed by atoms with Gasteiger partial charge in [0.15, 0.2) is 0 Å². The van der Waals surface area contributed by atoms with Crippen molar-refractivity contribution in [2.45, 2.75) is 36.3 Å². The molecule has 4 nitrogen and oxygen atoms in total. The van der Waals surface area contributed by atoms with Gasteiger partial charge >= 0.3 is 5.97 Å². The van der Waals surface area contributed by atoms with Crippen molar-refractivity contribution in [2.24, 2.45) is 5.92 Å². The van der Waals surface area contributed by atoms with Gasteiger partial charge in [0, 0.05) is 11.4 Å². The van der Waals surface area contributed by atoms with E-state index in [9.17, 15) is 9.59 Å². The van der Waals surface area contributed by atoms with Gasteiger partial charge in [0.1, 0.15) is 0 Å². The molecule has 1 aromatic carbocycles. The van der Waals surface area contributed by atoms with E-state index in [1.54, 1.807) is 11.8 Å². The van der Waals surface area contributed by atoms with E-state index in [-0.39, 0.29) is 17.7 Å². The highest BCUT2D eigenvalue weighted by Gasteiger charge is 2.28. The van der Waals surface area contributed by atoms with Gasteiger partial charge in [-0.3, -0.25) is 9.59 Å². The van der Waals surface area contributed by atoms with Crippen molar-refractivity contribution in [3.05, 3.63) is 29.8 Å². The summed E-state index contributed by atoms with van der Waals surface area (Å²) in [6.07, 6.45) is 2.11. The smallest absolute Gasteiger partial charge is 0.308 e. The molecular weight excluding hydrogens is 274 g/mol. The lowest BCUT2D eigenvalue weighted by Crippen LogP contribution is -2.38. The molecule has 1 heterocycles. The summed E-state index contributed by atoms with van der Waals surface area (Å²) >= 11 is 1.56. The summed E-state index contributed by atoms with van der Waals surface area (Å²) in [6, 6.07) is 7.99. The fourth-order valence-corrected chi connectivity index (χ4v) is 3.55. The van der Waals surface area contributed by atoms with Gasteiger partial charge < -0.3 is 10.4 Å². The van der Waals surface area contributed by atoms with Crippen LogP contribution in [0.1, 0.15) is 25.3 Å². The van der Waals surface area contributed by atoms with Crippen molar-refractivity contribution in [3.63, 3.8) is 0 Å². The summed E-state index contributed by atoms with van der Waals surface area (Å²) < 4.78 is 0. The predicted molar refractivity (Wildman–Crippen MR) is 78.8 cm³/mol. The van der Waals surface area contributed by atoms with E-state index in [2.05, 4.69) is 5.32 Å². The van der Waals surface area contributed by atoms with Crippen molar-refractivity contribution in [3.8, 4) is 0 Å². The molecule has 1 aromatic rings. The number of thioether (sulfide) groups is 1. The van der Waals surface area contributed by atoms with Crippen LogP contribution in [0.15, 0.2) is 29.2 Å². The Bertz CT molecular complexity index is 479. The number of hydrogen-bond donors (Lipinski definition) is 2. The molecule has 0 spiro atoms. The number of fused-ring (bicyclic) bond motifs is 1. The molecule has 0 saturated heterocycles. The van der Waals surface area contributed by atoms with Crippen LogP contribution >= 0.6 is 11.8 Å². The molecule has 0 aromatic heterocycles. The number of aliphatic carboxylic acids is 1. The van der Waals surface area contributed by atoms with Gasteiger partial charge in [-0.25, -0.2) is 0 Å². The maximum atomic E-state index is 12.1. The number of carboxylic acid groups (broad SMARTS) is 1. The van der Waals surface area contributed by atoms with Crippen LogP contribution in [0.3, 0.4) is 0 Å². The lowest BCUT2D eigenvalue weighted by atomic mass is 10.0. The number of hydrogen-bond acceptors (Lipinski definition) is 3. The zero-order valence-corrected chi connectivity index (χ0v) is 12.3. The summed E-state index contributed by atoms with van der Waals surface area (Å²) in [4.78, 5) is 24.3. The molecule has 0 bridgehead atoms. The molecule has 20 heavy (non-hydrogen) atoms. The molecule has 2 unspecified atom stereocenters. The molecule has 0 saturated carbocycles. The summed E-state index contributed by atoms with van der Waals surface area (Å²) in [5.74, 6) is -1.39. The Hall–Kier alpha value is -1.49. The van der Waals surface area contributed by atoms with Gasteiger partial charge in [0.05, 0.1) is 11.2 Å². The summed E-state index contributed by atoms with van der Waals surface area (Å²) in [7, 11) is 0. The predicted octanol–water partition coefficient (Wildman–Crippen LogP) is 2.32. The maximum Gasteiger partial charge on any atom is 0.308 e. The molecule has 1 aliphatic rings. The molecule has 0 fully saturated rings. The van der Waals surface area contributed by atoms with Gasteiger partial charge in [0.2, 0.25) is 5.91 Å². The van der Waals surface area contributed by atoms with E-state index in [0.29, 0.717) is 6.42 Å². The van der Waals surface area contributed by atoms with E-state index in [1.807, 2.05) is 31.2 Å². The highest BCUT2D eigenvalue weighted by molar-refractivity contribution is 8.01. The highest BCUT2D eigenvalue weighted by atomic mass is 32.2. The SMILES string of the molecule is CCCC(CNC(=O)C1Cc2ccccc2S1)C(=O)O. The maximum absolute atomic E-state index is 12.1. The molecule has 2 N–H and O–H groups in total. The molecule has 0 aliphatic carbocycles. The lowest BCUT2D eigenvalue weighted by Gasteiger charge is -2.14. The minimum Gasteiger partial charge on any atom is -0.481 e. The number of benzene rings is 1. The summed E-state index contributed by atoms with van der Waals surface area (Å²) in [6.45, 7) is 2.16. The molecule has 1 aliphatic heterocycles. The fraction of sp³-hybridized carbons (Fsp3) is 0.467. The highest BCUT2D eigenvalue weighted by Crippen LogP contribution is 2.36. The average Bonchev–Trinajstić information content (AvgIpc) is 2.86. The molecule has 2 atom stereocenters. The molecule has 1 amide bonds. The standard InChI is InChI=1S/C15H19NO3S/c1-2-5-11(15(18)19)9-16-14(17)13-8-10-6-3-4-7-12(10)20-13/h3-4,6-7,11,13H,2,5,8-9H2,1H3,(H,16,17)(H,18,19). The number of amides is 1. The van der Waals surface area contributed by atoms with Crippen molar-refractivity contribution in [1.82, 2.24) is 5.32 Å². The van der Waals surface area contributed by atoms with Crippen LogP contribution in [-0.4, -0.2) is 28.8 Å². The second-order valence-electron chi connectivity index (χ2n) is 4.99. The van der Waals surface area contributed by atoms with E-state index < -0.39 is 11.9 Å². The van der Waals surface area contributed by atoms with Crippen LogP contribution in [0, 0.1) is 5.92 Å². The first kappa shape index (κ1) is 14.9. The van der Waals surface area contributed by atoms with Crippen LogP contribution in [0.5, 0.6) is 0 Å². The fourth-order valence-electron chi connectivity index (χ4n) is 2.33. The van der Waals surface area contributed by atoms with E-state index in [1.165, 1.54) is 5.56 Å². The minimum atomic E-state index is -0.838. The number of carbonyl (C=O) groups excluding carboxylic acids is 1.